The number of hydrogen-bond acceptors (Lipinski definition) is 5. The van der Waals surface area contributed by atoms with Crippen molar-refractivity contribution in [2.75, 3.05) is 10.6 Å². The van der Waals surface area contributed by atoms with E-state index >= 15 is 0 Å². The molecule has 0 atom stereocenters. The number of rotatable bonds is 5. The summed E-state index contributed by atoms with van der Waals surface area (Å²) in [6.45, 7) is 0.524. The van der Waals surface area contributed by atoms with Crippen LogP contribution in [0.15, 0.2) is 79.5 Å². The number of carbonyl (C=O) groups excluding carboxylic acids is 1. The number of aromatic amines is 1. The van der Waals surface area contributed by atoms with Gasteiger partial charge in [0.1, 0.15) is 11.5 Å². The molecular formula is C23H18N6O. The van der Waals surface area contributed by atoms with Crippen LogP contribution < -0.4 is 10.6 Å². The molecule has 1 aromatic carbocycles. The van der Waals surface area contributed by atoms with Crippen LogP contribution in [0, 0.1) is 0 Å². The molecule has 4 heterocycles. The topological polar surface area (TPSA) is 95.6 Å². The minimum Gasteiger partial charge on any atom is -0.365 e. The van der Waals surface area contributed by atoms with E-state index in [9.17, 15) is 4.79 Å². The summed E-state index contributed by atoms with van der Waals surface area (Å²) in [5.41, 5.74) is 3.08. The highest BCUT2D eigenvalue weighted by Crippen LogP contribution is 2.21. The summed E-state index contributed by atoms with van der Waals surface area (Å²) in [5, 5.41) is 9.31. The van der Waals surface area contributed by atoms with Gasteiger partial charge in [-0.3, -0.25) is 9.78 Å². The van der Waals surface area contributed by atoms with Crippen molar-refractivity contribution in [3.05, 3.63) is 90.6 Å². The van der Waals surface area contributed by atoms with Gasteiger partial charge in [-0.1, -0.05) is 6.07 Å². The number of carbonyl (C=O) groups is 1. The number of benzene rings is 1. The molecule has 5 rings (SSSR count). The number of nitrogens with one attached hydrogen (secondary N) is 3. The second-order valence-corrected chi connectivity index (χ2v) is 6.85. The number of anilines is 2. The van der Waals surface area contributed by atoms with E-state index in [1.807, 2.05) is 42.6 Å². The molecule has 0 radical (unpaired) electrons. The molecule has 146 valence electrons. The smallest absolute Gasteiger partial charge is 0.259 e. The first-order valence-electron chi connectivity index (χ1n) is 9.53. The molecule has 0 aliphatic rings. The fourth-order valence-electron chi connectivity index (χ4n) is 3.44. The minimum absolute atomic E-state index is 0.227. The Morgan fingerprint density at radius 2 is 1.93 bits per heavy atom. The highest BCUT2D eigenvalue weighted by molar-refractivity contribution is 6.08. The van der Waals surface area contributed by atoms with Crippen LogP contribution in [0.2, 0.25) is 0 Å². The molecule has 5 aromatic rings. The number of pyridine rings is 3. The number of aromatic nitrogens is 4. The quantitative estimate of drug-likeness (QED) is 0.411. The maximum Gasteiger partial charge on any atom is 0.259 e. The highest BCUT2D eigenvalue weighted by Gasteiger charge is 2.13. The molecule has 0 saturated heterocycles. The van der Waals surface area contributed by atoms with E-state index in [1.54, 1.807) is 36.9 Å². The van der Waals surface area contributed by atoms with Crippen LogP contribution in [0.1, 0.15) is 15.9 Å². The third-order valence-electron chi connectivity index (χ3n) is 4.95. The standard InChI is InChI=1S/C23H18N6O/c30-23(29-18-4-3-15-5-9-24-13-17(15)12-18)20-2-1-8-25-22(20)28-14-16-6-10-26-21-19(16)7-11-27-21/h1-13H,14H2,(H,25,28)(H,26,27)(H,29,30). The van der Waals surface area contributed by atoms with Crippen molar-refractivity contribution in [1.82, 2.24) is 19.9 Å². The van der Waals surface area contributed by atoms with E-state index in [4.69, 9.17) is 0 Å². The number of H-pyrrole nitrogens is 1. The van der Waals surface area contributed by atoms with Crippen molar-refractivity contribution in [3.63, 3.8) is 0 Å². The molecule has 0 fully saturated rings. The van der Waals surface area contributed by atoms with Crippen molar-refractivity contribution >= 4 is 39.2 Å². The third kappa shape index (κ3) is 3.44. The lowest BCUT2D eigenvalue weighted by atomic mass is 10.1. The van der Waals surface area contributed by atoms with Gasteiger partial charge in [0.05, 0.1) is 5.56 Å². The summed E-state index contributed by atoms with van der Waals surface area (Å²) >= 11 is 0. The molecule has 0 aliphatic carbocycles. The maximum absolute atomic E-state index is 12.9. The van der Waals surface area contributed by atoms with Gasteiger partial charge in [0.15, 0.2) is 0 Å². The summed E-state index contributed by atoms with van der Waals surface area (Å²) in [6.07, 6.45) is 8.81. The molecule has 30 heavy (non-hydrogen) atoms. The van der Waals surface area contributed by atoms with Crippen molar-refractivity contribution < 1.29 is 4.79 Å². The van der Waals surface area contributed by atoms with Gasteiger partial charge >= 0.3 is 0 Å². The Balaban J connectivity index is 1.37. The van der Waals surface area contributed by atoms with Crippen molar-refractivity contribution in [2.24, 2.45) is 0 Å². The first-order valence-corrected chi connectivity index (χ1v) is 9.53. The molecule has 4 aromatic heterocycles. The van der Waals surface area contributed by atoms with Gasteiger partial charge in [-0.05, 0) is 53.4 Å². The Hall–Kier alpha value is -4.26. The lowest BCUT2D eigenvalue weighted by Gasteiger charge is -2.12. The molecule has 1 amide bonds. The summed E-state index contributed by atoms with van der Waals surface area (Å²) in [6, 6.07) is 15.1. The van der Waals surface area contributed by atoms with Crippen LogP contribution in [0.5, 0.6) is 0 Å². The van der Waals surface area contributed by atoms with Gasteiger partial charge in [0, 0.05) is 54.0 Å². The number of nitrogens with zero attached hydrogens (tertiary/aromatic N) is 3. The van der Waals surface area contributed by atoms with Gasteiger partial charge < -0.3 is 15.6 Å². The van der Waals surface area contributed by atoms with E-state index in [0.717, 1.165) is 27.4 Å². The van der Waals surface area contributed by atoms with Gasteiger partial charge in [-0.15, -0.1) is 0 Å². The molecule has 0 spiro atoms. The Kier molecular flexibility index (Phi) is 4.53. The van der Waals surface area contributed by atoms with Crippen molar-refractivity contribution in [1.29, 1.82) is 0 Å². The van der Waals surface area contributed by atoms with E-state index in [2.05, 4.69) is 30.6 Å². The molecule has 7 heteroatoms. The Labute approximate surface area is 172 Å². The van der Waals surface area contributed by atoms with Gasteiger partial charge in [-0.25, -0.2) is 9.97 Å². The Morgan fingerprint density at radius 3 is 2.90 bits per heavy atom. The van der Waals surface area contributed by atoms with Crippen molar-refractivity contribution in [3.8, 4) is 0 Å². The summed E-state index contributed by atoms with van der Waals surface area (Å²) < 4.78 is 0. The minimum atomic E-state index is -0.227. The molecule has 0 bridgehead atoms. The lowest BCUT2D eigenvalue weighted by molar-refractivity contribution is 0.102. The number of amides is 1. The molecule has 0 saturated carbocycles. The first-order chi connectivity index (χ1) is 14.8. The molecule has 7 nitrogen and oxygen atoms in total. The highest BCUT2D eigenvalue weighted by atomic mass is 16.1. The number of hydrogen-bond donors (Lipinski definition) is 3. The Morgan fingerprint density at radius 1 is 0.967 bits per heavy atom. The number of fused-ring (bicyclic) bond motifs is 2. The molecule has 0 unspecified atom stereocenters. The van der Waals surface area contributed by atoms with Crippen LogP contribution in [0.3, 0.4) is 0 Å². The summed E-state index contributed by atoms with van der Waals surface area (Å²) in [5.74, 6) is 0.299. The lowest BCUT2D eigenvalue weighted by Crippen LogP contribution is -2.15. The average Bonchev–Trinajstić information content (AvgIpc) is 3.27. The van der Waals surface area contributed by atoms with Crippen LogP contribution in [-0.4, -0.2) is 25.8 Å². The van der Waals surface area contributed by atoms with Crippen LogP contribution in [0.4, 0.5) is 11.5 Å². The second kappa shape index (κ2) is 7.63. The predicted octanol–water partition coefficient (Wildman–Crippen LogP) is 4.37. The second-order valence-electron chi connectivity index (χ2n) is 6.85. The maximum atomic E-state index is 12.9. The summed E-state index contributed by atoms with van der Waals surface area (Å²) in [4.78, 5) is 28.8. The average molecular weight is 394 g/mol. The fraction of sp³-hybridized carbons (Fsp3) is 0.0435. The monoisotopic (exact) mass is 394 g/mol. The van der Waals surface area contributed by atoms with E-state index in [0.29, 0.717) is 23.6 Å². The Bertz CT molecular complexity index is 1360. The SMILES string of the molecule is O=C(Nc1ccc2ccncc2c1)c1cccnc1NCc1ccnc2[nH]ccc12. The molecular weight excluding hydrogens is 376 g/mol. The first kappa shape index (κ1) is 17.8. The largest absolute Gasteiger partial charge is 0.365 e. The van der Waals surface area contributed by atoms with E-state index in [1.165, 1.54) is 0 Å². The zero-order valence-electron chi connectivity index (χ0n) is 16.0. The van der Waals surface area contributed by atoms with E-state index < -0.39 is 0 Å². The molecule has 0 aliphatic heterocycles. The van der Waals surface area contributed by atoms with Crippen LogP contribution in [-0.2, 0) is 6.54 Å². The van der Waals surface area contributed by atoms with E-state index in [-0.39, 0.29) is 5.91 Å². The van der Waals surface area contributed by atoms with Crippen LogP contribution >= 0.6 is 0 Å². The zero-order valence-corrected chi connectivity index (χ0v) is 16.0. The molecule has 3 N–H and O–H groups in total. The fourth-order valence-corrected chi connectivity index (χ4v) is 3.44. The van der Waals surface area contributed by atoms with Gasteiger partial charge in [-0.2, -0.15) is 0 Å². The normalized spacial score (nSPS) is 10.9. The van der Waals surface area contributed by atoms with Gasteiger partial charge in [0.25, 0.3) is 5.91 Å². The van der Waals surface area contributed by atoms with Gasteiger partial charge in [0.2, 0.25) is 0 Å². The zero-order chi connectivity index (χ0) is 20.3. The van der Waals surface area contributed by atoms with Crippen LogP contribution in [0.25, 0.3) is 21.8 Å². The summed E-state index contributed by atoms with van der Waals surface area (Å²) in [7, 11) is 0. The van der Waals surface area contributed by atoms with Crippen molar-refractivity contribution in [2.45, 2.75) is 6.54 Å². The third-order valence-corrected chi connectivity index (χ3v) is 4.95. The predicted molar refractivity (Wildman–Crippen MR) is 117 cm³/mol.